The Morgan fingerprint density at radius 1 is 1.31 bits per heavy atom. The first kappa shape index (κ1) is 18.2. The van der Waals surface area contributed by atoms with E-state index in [0.717, 1.165) is 25.7 Å². The van der Waals surface area contributed by atoms with Crippen molar-refractivity contribution in [1.82, 2.24) is 10.2 Å². The van der Waals surface area contributed by atoms with Crippen molar-refractivity contribution in [3.63, 3.8) is 0 Å². The first-order valence-corrected chi connectivity index (χ1v) is 9.20. The molecule has 2 amide bonds. The summed E-state index contributed by atoms with van der Waals surface area (Å²) in [6.45, 7) is 3.61. The van der Waals surface area contributed by atoms with Crippen LogP contribution in [0.2, 0.25) is 0 Å². The zero-order chi connectivity index (χ0) is 18.5. The lowest BCUT2D eigenvalue weighted by atomic mass is 9.96. The molecule has 6 heteroatoms. The predicted octanol–water partition coefficient (Wildman–Crippen LogP) is 2.56. The molecule has 1 N–H and O–H groups in total. The van der Waals surface area contributed by atoms with Gasteiger partial charge in [0.15, 0.2) is 0 Å². The quantitative estimate of drug-likeness (QED) is 0.660. The molecule has 0 bridgehead atoms. The van der Waals surface area contributed by atoms with E-state index >= 15 is 0 Å². The van der Waals surface area contributed by atoms with Gasteiger partial charge in [-0.1, -0.05) is 31.5 Å². The summed E-state index contributed by atoms with van der Waals surface area (Å²) >= 11 is 0. The van der Waals surface area contributed by atoms with Crippen molar-refractivity contribution < 1.29 is 14.0 Å². The zero-order valence-corrected chi connectivity index (χ0v) is 15.0. The van der Waals surface area contributed by atoms with Gasteiger partial charge in [0.25, 0.3) is 5.91 Å². The molecule has 0 saturated carbocycles. The number of benzene rings is 1. The molecule has 6 nitrogen and oxygen atoms in total. The summed E-state index contributed by atoms with van der Waals surface area (Å²) in [4.78, 5) is 38.9. The third kappa shape index (κ3) is 3.95. The van der Waals surface area contributed by atoms with Crippen molar-refractivity contribution in [1.29, 1.82) is 0 Å². The van der Waals surface area contributed by atoms with E-state index < -0.39 is 5.63 Å². The summed E-state index contributed by atoms with van der Waals surface area (Å²) < 4.78 is 5.26. The molecular weight excluding hydrogens is 332 g/mol. The Hall–Kier alpha value is -2.63. The maximum atomic E-state index is 12.8. The number of rotatable bonds is 5. The summed E-state index contributed by atoms with van der Waals surface area (Å²) in [6, 6.07) is 8.68. The molecule has 1 fully saturated rings. The first-order valence-electron chi connectivity index (χ1n) is 9.20. The van der Waals surface area contributed by atoms with E-state index in [1.54, 1.807) is 29.2 Å². The third-order valence-corrected chi connectivity index (χ3v) is 4.78. The van der Waals surface area contributed by atoms with Crippen LogP contribution in [0.5, 0.6) is 0 Å². The molecule has 1 saturated heterocycles. The summed E-state index contributed by atoms with van der Waals surface area (Å²) in [7, 11) is 0. The summed E-state index contributed by atoms with van der Waals surface area (Å²) in [5.41, 5.74) is -0.153. The van der Waals surface area contributed by atoms with Crippen LogP contribution in [0, 0.1) is 5.92 Å². The number of likely N-dealkylation sites (tertiary alicyclic amines) is 1. The fraction of sp³-hybridized carbons (Fsp3) is 0.450. The number of para-hydroxylation sites is 1. The smallest absolute Gasteiger partial charge is 0.349 e. The maximum Gasteiger partial charge on any atom is 0.349 e. The van der Waals surface area contributed by atoms with Crippen molar-refractivity contribution in [2.75, 3.05) is 19.6 Å². The number of amides is 2. The lowest BCUT2D eigenvalue weighted by Gasteiger charge is -2.31. The average molecular weight is 356 g/mol. The van der Waals surface area contributed by atoms with Gasteiger partial charge in [-0.3, -0.25) is 9.59 Å². The van der Waals surface area contributed by atoms with Gasteiger partial charge in [-0.25, -0.2) is 4.79 Å². The fourth-order valence-electron chi connectivity index (χ4n) is 3.29. The van der Waals surface area contributed by atoms with E-state index in [9.17, 15) is 14.4 Å². The van der Waals surface area contributed by atoms with Crippen LogP contribution in [-0.4, -0.2) is 36.3 Å². The Labute approximate surface area is 152 Å². The SMILES string of the molecule is CCCCNC(=O)[C@H]1CCCN(C(=O)c2cc3ccccc3oc2=O)C1. The van der Waals surface area contributed by atoms with Crippen LogP contribution >= 0.6 is 0 Å². The van der Waals surface area contributed by atoms with E-state index in [1.807, 2.05) is 6.07 Å². The van der Waals surface area contributed by atoms with Crippen LogP contribution in [-0.2, 0) is 4.79 Å². The molecule has 1 aliphatic rings. The van der Waals surface area contributed by atoms with Crippen molar-refractivity contribution in [2.24, 2.45) is 5.92 Å². The number of carbonyl (C=O) groups excluding carboxylic acids is 2. The third-order valence-electron chi connectivity index (χ3n) is 4.78. The molecule has 2 heterocycles. The van der Waals surface area contributed by atoms with E-state index in [4.69, 9.17) is 4.42 Å². The highest BCUT2D eigenvalue weighted by atomic mass is 16.4. The molecule has 0 radical (unpaired) electrons. The van der Waals surface area contributed by atoms with Crippen LogP contribution in [0.25, 0.3) is 11.0 Å². The van der Waals surface area contributed by atoms with Crippen molar-refractivity contribution in [3.05, 3.63) is 46.3 Å². The van der Waals surface area contributed by atoms with E-state index in [1.165, 1.54) is 0 Å². The normalized spacial score (nSPS) is 17.3. The molecule has 1 aliphatic heterocycles. The minimum atomic E-state index is -0.636. The Kier molecular flexibility index (Phi) is 5.71. The zero-order valence-electron chi connectivity index (χ0n) is 15.0. The summed E-state index contributed by atoms with van der Waals surface area (Å²) in [5, 5.41) is 3.64. The minimum Gasteiger partial charge on any atom is -0.422 e. The van der Waals surface area contributed by atoms with Crippen molar-refractivity contribution in [3.8, 4) is 0 Å². The predicted molar refractivity (Wildman–Crippen MR) is 99.0 cm³/mol. The van der Waals surface area contributed by atoms with Gasteiger partial charge in [-0.2, -0.15) is 0 Å². The molecule has 0 spiro atoms. The molecule has 138 valence electrons. The van der Waals surface area contributed by atoms with Gasteiger partial charge in [0.1, 0.15) is 11.1 Å². The van der Waals surface area contributed by atoms with Gasteiger partial charge >= 0.3 is 5.63 Å². The molecule has 1 atom stereocenters. The van der Waals surface area contributed by atoms with Gasteiger partial charge in [0.05, 0.1) is 5.92 Å². The highest BCUT2D eigenvalue weighted by Crippen LogP contribution is 2.20. The van der Waals surface area contributed by atoms with Gasteiger partial charge in [-0.15, -0.1) is 0 Å². The lowest BCUT2D eigenvalue weighted by Crippen LogP contribution is -2.46. The maximum absolute atomic E-state index is 12.8. The molecule has 26 heavy (non-hydrogen) atoms. The largest absolute Gasteiger partial charge is 0.422 e. The standard InChI is InChI=1S/C20H24N2O4/c1-2-3-10-21-18(23)15-8-6-11-22(13-15)19(24)16-12-14-7-4-5-9-17(14)26-20(16)25/h4-5,7,9,12,15H,2-3,6,8,10-11,13H2,1H3,(H,21,23)/t15-/m0/s1. The number of piperidine rings is 1. The number of hydrogen-bond acceptors (Lipinski definition) is 4. The van der Waals surface area contributed by atoms with E-state index in [-0.39, 0.29) is 23.3 Å². The molecule has 0 aliphatic carbocycles. The van der Waals surface area contributed by atoms with Crippen LogP contribution in [0.4, 0.5) is 0 Å². The van der Waals surface area contributed by atoms with E-state index in [2.05, 4.69) is 12.2 Å². The van der Waals surface area contributed by atoms with E-state index in [0.29, 0.717) is 30.6 Å². The molecule has 1 aromatic heterocycles. The topological polar surface area (TPSA) is 79.6 Å². The molecule has 3 rings (SSSR count). The number of nitrogens with one attached hydrogen (secondary N) is 1. The monoisotopic (exact) mass is 356 g/mol. The van der Waals surface area contributed by atoms with Crippen molar-refractivity contribution in [2.45, 2.75) is 32.6 Å². The Balaban J connectivity index is 1.74. The molecule has 1 aromatic carbocycles. The fourth-order valence-corrected chi connectivity index (χ4v) is 3.29. The average Bonchev–Trinajstić information content (AvgIpc) is 2.67. The van der Waals surface area contributed by atoms with Crippen LogP contribution in [0.3, 0.4) is 0 Å². The number of hydrogen-bond donors (Lipinski definition) is 1. The first-order chi connectivity index (χ1) is 12.6. The van der Waals surface area contributed by atoms with Crippen molar-refractivity contribution >= 4 is 22.8 Å². The molecule has 0 unspecified atom stereocenters. The highest BCUT2D eigenvalue weighted by molar-refractivity contribution is 5.97. The highest BCUT2D eigenvalue weighted by Gasteiger charge is 2.30. The second-order valence-electron chi connectivity index (χ2n) is 6.72. The Morgan fingerprint density at radius 3 is 2.92 bits per heavy atom. The number of carbonyl (C=O) groups is 2. The van der Waals surface area contributed by atoms with Gasteiger partial charge in [0.2, 0.25) is 5.91 Å². The minimum absolute atomic E-state index is 0.0125. The Bertz CT molecular complexity index is 858. The molecule has 2 aromatic rings. The van der Waals surface area contributed by atoms with Crippen LogP contribution in [0.1, 0.15) is 43.0 Å². The van der Waals surface area contributed by atoms with Gasteiger partial charge < -0.3 is 14.6 Å². The van der Waals surface area contributed by atoms with Crippen LogP contribution in [0.15, 0.2) is 39.5 Å². The number of unbranched alkanes of at least 4 members (excludes halogenated alkanes) is 1. The number of fused-ring (bicyclic) bond motifs is 1. The number of nitrogens with zero attached hydrogens (tertiary/aromatic N) is 1. The summed E-state index contributed by atoms with van der Waals surface area (Å²) in [5.74, 6) is -0.603. The van der Waals surface area contributed by atoms with Crippen LogP contribution < -0.4 is 10.9 Å². The summed E-state index contributed by atoms with van der Waals surface area (Å²) in [6.07, 6.45) is 3.47. The lowest BCUT2D eigenvalue weighted by molar-refractivity contribution is -0.126. The molecular formula is C20H24N2O4. The van der Waals surface area contributed by atoms with Gasteiger partial charge in [-0.05, 0) is 31.4 Å². The van der Waals surface area contributed by atoms with Gasteiger partial charge in [0, 0.05) is 25.0 Å². The second-order valence-corrected chi connectivity index (χ2v) is 6.72. The second kappa shape index (κ2) is 8.17. The Morgan fingerprint density at radius 2 is 2.12 bits per heavy atom.